The molecule has 0 bridgehead atoms. The van der Waals surface area contributed by atoms with Gasteiger partial charge in [0.2, 0.25) is 11.0 Å². The lowest BCUT2D eigenvalue weighted by molar-refractivity contribution is -0.117. The lowest BCUT2D eigenvalue weighted by Crippen LogP contribution is -2.13. The second kappa shape index (κ2) is 8.45. The first-order valence-corrected chi connectivity index (χ1v) is 7.85. The van der Waals surface area contributed by atoms with Gasteiger partial charge in [0.05, 0.1) is 20.1 Å². The minimum Gasteiger partial charge on any atom is -0.497 e. The highest BCUT2D eigenvalue weighted by molar-refractivity contribution is 7.15. The minimum atomic E-state index is -0.111. The summed E-state index contributed by atoms with van der Waals surface area (Å²) >= 11 is 1.38. The summed E-state index contributed by atoms with van der Waals surface area (Å²) in [7, 11) is 1.64. The Kier molecular flexibility index (Phi) is 6.29. The van der Waals surface area contributed by atoms with Crippen molar-refractivity contribution in [3.8, 4) is 5.75 Å². The van der Waals surface area contributed by atoms with Crippen molar-refractivity contribution in [2.45, 2.75) is 19.8 Å². The van der Waals surface area contributed by atoms with Crippen molar-refractivity contribution < 1.29 is 14.3 Å². The van der Waals surface area contributed by atoms with Gasteiger partial charge in [0, 0.05) is 13.0 Å². The summed E-state index contributed by atoms with van der Waals surface area (Å²) in [5, 5.41) is 12.2. The van der Waals surface area contributed by atoms with Gasteiger partial charge in [0.25, 0.3) is 0 Å². The SMILES string of the molecule is CCOCCC(=O)Nc1nnc(Cc2ccc(OC)cc2)s1. The summed E-state index contributed by atoms with van der Waals surface area (Å²) in [6, 6.07) is 7.79. The summed E-state index contributed by atoms with van der Waals surface area (Å²) in [4.78, 5) is 11.7. The average molecular weight is 321 g/mol. The van der Waals surface area contributed by atoms with Gasteiger partial charge in [-0.15, -0.1) is 10.2 Å². The number of hydrogen-bond donors (Lipinski definition) is 1. The highest BCUT2D eigenvalue weighted by Gasteiger charge is 2.09. The average Bonchev–Trinajstić information content (AvgIpc) is 2.95. The molecule has 0 saturated carbocycles. The number of nitrogens with one attached hydrogen (secondary N) is 1. The molecular formula is C15H19N3O3S. The highest BCUT2D eigenvalue weighted by Crippen LogP contribution is 2.20. The van der Waals surface area contributed by atoms with Crippen LogP contribution in [0.5, 0.6) is 5.75 Å². The van der Waals surface area contributed by atoms with Crippen LogP contribution in [0.1, 0.15) is 23.9 Å². The molecule has 0 fully saturated rings. The van der Waals surface area contributed by atoms with Crippen molar-refractivity contribution in [3.05, 3.63) is 34.8 Å². The van der Waals surface area contributed by atoms with E-state index in [0.29, 0.717) is 31.2 Å². The predicted octanol–water partition coefficient (Wildman–Crippen LogP) is 2.50. The van der Waals surface area contributed by atoms with Crippen LogP contribution < -0.4 is 10.1 Å². The summed E-state index contributed by atoms with van der Waals surface area (Å²) in [6.45, 7) is 2.92. The van der Waals surface area contributed by atoms with E-state index in [1.807, 2.05) is 31.2 Å². The van der Waals surface area contributed by atoms with E-state index in [1.165, 1.54) is 11.3 Å². The molecule has 1 N–H and O–H groups in total. The first-order chi connectivity index (χ1) is 10.7. The number of anilines is 1. The Balaban J connectivity index is 1.86. The molecule has 1 amide bonds. The van der Waals surface area contributed by atoms with E-state index in [2.05, 4.69) is 15.5 Å². The first-order valence-electron chi connectivity index (χ1n) is 7.04. The number of carbonyl (C=O) groups is 1. The van der Waals surface area contributed by atoms with Crippen molar-refractivity contribution in [3.63, 3.8) is 0 Å². The third-order valence-electron chi connectivity index (χ3n) is 2.91. The maximum Gasteiger partial charge on any atom is 0.228 e. The lowest BCUT2D eigenvalue weighted by Gasteiger charge is -2.01. The third kappa shape index (κ3) is 5.09. The molecule has 6 nitrogen and oxygen atoms in total. The molecule has 2 rings (SSSR count). The number of methoxy groups -OCH3 is 1. The number of nitrogens with zero attached hydrogens (tertiary/aromatic N) is 2. The van der Waals surface area contributed by atoms with Crippen molar-refractivity contribution >= 4 is 22.4 Å². The van der Waals surface area contributed by atoms with Crippen LogP contribution in [0.2, 0.25) is 0 Å². The Morgan fingerprint density at radius 3 is 2.73 bits per heavy atom. The number of aromatic nitrogens is 2. The zero-order valence-corrected chi connectivity index (χ0v) is 13.5. The Bertz CT molecular complexity index is 598. The molecular weight excluding hydrogens is 302 g/mol. The van der Waals surface area contributed by atoms with Gasteiger partial charge >= 0.3 is 0 Å². The van der Waals surface area contributed by atoms with Gasteiger partial charge in [-0.2, -0.15) is 0 Å². The molecule has 0 atom stereocenters. The maximum atomic E-state index is 11.7. The van der Waals surface area contributed by atoms with E-state index < -0.39 is 0 Å². The van der Waals surface area contributed by atoms with E-state index in [-0.39, 0.29) is 5.91 Å². The van der Waals surface area contributed by atoms with Gasteiger partial charge < -0.3 is 14.8 Å². The van der Waals surface area contributed by atoms with Crippen LogP contribution in [0.3, 0.4) is 0 Å². The fourth-order valence-electron chi connectivity index (χ4n) is 1.78. The van der Waals surface area contributed by atoms with Crippen LogP contribution in [0.15, 0.2) is 24.3 Å². The monoisotopic (exact) mass is 321 g/mol. The van der Waals surface area contributed by atoms with Crippen molar-refractivity contribution in [1.82, 2.24) is 10.2 Å². The van der Waals surface area contributed by atoms with E-state index in [4.69, 9.17) is 9.47 Å². The van der Waals surface area contributed by atoms with Crippen LogP contribution in [0.4, 0.5) is 5.13 Å². The highest BCUT2D eigenvalue weighted by atomic mass is 32.1. The number of rotatable bonds is 8. The summed E-state index contributed by atoms with van der Waals surface area (Å²) < 4.78 is 10.3. The van der Waals surface area contributed by atoms with Crippen LogP contribution in [-0.4, -0.2) is 36.4 Å². The largest absolute Gasteiger partial charge is 0.497 e. The van der Waals surface area contributed by atoms with Gasteiger partial charge in [0.1, 0.15) is 10.8 Å². The standard InChI is InChI=1S/C15H19N3O3S/c1-3-21-9-8-13(19)16-15-18-17-14(22-15)10-11-4-6-12(20-2)7-5-11/h4-7H,3,8-10H2,1-2H3,(H,16,18,19). The molecule has 22 heavy (non-hydrogen) atoms. The number of hydrogen-bond acceptors (Lipinski definition) is 6. The third-order valence-corrected chi connectivity index (χ3v) is 3.74. The summed E-state index contributed by atoms with van der Waals surface area (Å²) in [5.41, 5.74) is 1.12. The number of ether oxygens (including phenoxy) is 2. The van der Waals surface area contributed by atoms with Gasteiger partial charge in [-0.25, -0.2) is 0 Å². The van der Waals surface area contributed by atoms with Crippen molar-refractivity contribution in [2.24, 2.45) is 0 Å². The number of amides is 1. The zero-order valence-electron chi connectivity index (χ0n) is 12.7. The van der Waals surface area contributed by atoms with Crippen molar-refractivity contribution in [1.29, 1.82) is 0 Å². The van der Waals surface area contributed by atoms with E-state index >= 15 is 0 Å². The molecule has 0 radical (unpaired) electrons. The van der Waals surface area contributed by atoms with Gasteiger partial charge in [-0.05, 0) is 24.6 Å². The van der Waals surface area contributed by atoms with Gasteiger partial charge in [-0.3, -0.25) is 4.79 Å². The first kappa shape index (κ1) is 16.4. The fourth-order valence-corrected chi connectivity index (χ4v) is 2.57. The minimum absolute atomic E-state index is 0.111. The van der Waals surface area contributed by atoms with Crippen molar-refractivity contribution in [2.75, 3.05) is 25.6 Å². The number of carbonyl (C=O) groups excluding carboxylic acids is 1. The molecule has 1 heterocycles. The molecule has 0 saturated heterocycles. The zero-order chi connectivity index (χ0) is 15.8. The fraction of sp³-hybridized carbons (Fsp3) is 0.400. The Labute approximate surface area is 133 Å². The molecule has 2 aromatic rings. The Morgan fingerprint density at radius 2 is 2.05 bits per heavy atom. The van der Waals surface area contributed by atoms with Gasteiger partial charge in [0.15, 0.2) is 0 Å². The van der Waals surface area contributed by atoms with E-state index in [1.54, 1.807) is 7.11 Å². The molecule has 1 aromatic carbocycles. The lowest BCUT2D eigenvalue weighted by atomic mass is 10.1. The van der Waals surface area contributed by atoms with Crippen LogP contribution in [-0.2, 0) is 16.0 Å². The predicted molar refractivity (Wildman–Crippen MR) is 85.4 cm³/mol. The quantitative estimate of drug-likeness (QED) is 0.756. The summed E-state index contributed by atoms with van der Waals surface area (Å²) in [6.07, 6.45) is 0.998. The van der Waals surface area contributed by atoms with E-state index in [9.17, 15) is 4.79 Å². The summed E-state index contributed by atoms with van der Waals surface area (Å²) in [5.74, 6) is 0.712. The van der Waals surface area contributed by atoms with E-state index in [0.717, 1.165) is 16.3 Å². The Morgan fingerprint density at radius 1 is 1.27 bits per heavy atom. The van der Waals surface area contributed by atoms with Crippen LogP contribution in [0.25, 0.3) is 0 Å². The topological polar surface area (TPSA) is 73.3 Å². The molecule has 7 heteroatoms. The number of benzene rings is 1. The normalized spacial score (nSPS) is 10.5. The molecule has 1 aromatic heterocycles. The molecule has 118 valence electrons. The smallest absolute Gasteiger partial charge is 0.228 e. The molecule has 0 spiro atoms. The second-order valence-corrected chi connectivity index (χ2v) is 5.58. The Hall–Kier alpha value is -1.99. The van der Waals surface area contributed by atoms with Crippen LogP contribution >= 0.6 is 11.3 Å². The van der Waals surface area contributed by atoms with Gasteiger partial charge in [-0.1, -0.05) is 23.5 Å². The maximum absolute atomic E-state index is 11.7. The molecule has 0 aliphatic rings. The molecule has 0 unspecified atom stereocenters. The molecule has 0 aliphatic heterocycles. The van der Waals surface area contributed by atoms with Crippen LogP contribution in [0, 0.1) is 0 Å². The second-order valence-electron chi connectivity index (χ2n) is 4.52. The molecule has 0 aliphatic carbocycles.